The van der Waals surface area contributed by atoms with Crippen LogP contribution in [-0.4, -0.2) is 17.4 Å². The van der Waals surface area contributed by atoms with Crippen molar-refractivity contribution in [1.82, 2.24) is 4.98 Å². The minimum absolute atomic E-state index is 0.322. The van der Waals surface area contributed by atoms with Gasteiger partial charge in [0.15, 0.2) is 0 Å². The molecule has 21 heavy (non-hydrogen) atoms. The third kappa shape index (κ3) is 3.95. The smallest absolute Gasteiger partial charge is 0.252 e. The van der Waals surface area contributed by atoms with Crippen LogP contribution in [0, 0.1) is 0 Å². The number of hydrogen-bond acceptors (Lipinski definition) is 4. The van der Waals surface area contributed by atoms with Crippen molar-refractivity contribution in [2.24, 2.45) is 5.73 Å². The monoisotopic (exact) mass is 284 g/mol. The van der Waals surface area contributed by atoms with E-state index in [1.807, 2.05) is 18.2 Å². The van der Waals surface area contributed by atoms with Crippen LogP contribution >= 0.6 is 0 Å². The maximum absolute atomic E-state index is 11.4. The topological polar surface area (TPSA) is 94.0 Å². The zero-order chi connectivity index (χ0) is 15.2. The molecule has 1 atom stereocenters. The normalized spacial score (nSPS) is 11.9. The molecule has 1 unspecified atom stereocenters. The SMILES string of the molecule is CC(CCNc1ncc(N)cc1C(N)=O)c1ccccc1. The van der Waals surface area contributed by atoms with Gasteiger partial charge in [0.1, 0.15) is 5.82 Å². The maximum atomic E-state index is 11.4. The summed E-state index contributed by atoms with van der Waals surface area (Å²) in [5.41, 5.74) is 13.0. The van der Waals surface area contributed by atoms with Gasteiger partial charge in [-0.15, -0.1) is 0 Å². The van der Waals surface area contributed by atoms with Crippen molar-refractivity contribution in [1.29, 1.82) is 0 Å². The Hall–Kier alpha value is -2.56. The van der Waals surface area contributed by atoms with Gasteiger partial charge in [-0.05, 0) is 24.0 Å². The van der Waals surface area contributed by atoms with Crippen molar-refractivity contribution in [3.63, 3.8) is 0 Å². The van der Waals surface area contributed by atoms with Gasteiger partial charge >= 0.3 is 0 Å². The van der Waals surface area contributed by atoms with E-state index in [-0.39, 0.29) is 0 Å². The Labute approximate surface area is 124 Å². The Bertz CT molecular complexity index is 613. The second-order valence-corrected chi connectivity index (χ2v) is 5.06. The van der Waals surface area contributed by atoms with Crippen LogP contribution in [0.15, 0.2) is 42.6 Å². The highest BCUT2D eigenvalue weighted by Gasteiger charge is 2.11. The van der Waals surface area contributed by atoms with E-state index >= 15 is 0 Å². The number of carbonyl (C=O) groups excluding carboxylic acids is 1. The van der Waals surface area contributed by atoms with Crippen LogP contribution in [-0.2, 0) is 0 Å². The summed E-state index contributed by atoms with van der Waals surface area (Å²) in [7, 11) is 0. The number of aromatic nitrogens is 1. The number of nitrogens with two attached hydrogens (primary N) is 2. The molecule has 1 aromatic carbocycles. The minimum Gasteiger partial charge on any atom is -0.397 e. The van der Waals surface area contributed by atoms with Crippen LogP contribution in [0.5, 0.6) is 0 Å². The molecule has 5 nitrogen and oxygen atoms in total. The molecule has 0 aliphatic heterocycles. The zero-order valence-electron chi connectivity index (χ0n) is 12.0. The summed E-state index contributed by atoms with van der Waals surface area (Å²) in [4.78, 5) is 15.5. The van der Waals surface area contributed by atoms with E-state index in [9.17, 15) is 4.79 Å². The van der Waals surface area contributed by atoms with Gasteiger partial charge in [-0.25, -0.2) is 4.98 Å². The first-order valence-corrected chi connectivity index (χ1v) is 6.92. The predicted molar refractivity (Wildman–Crippen MR) is 85.1 cm³/mol. The van der Waals surface area contributed by atoms with Crippen molar-refractivity contribution in [2.45, 2.75) is 19.3 Å². The second kappa shape index (κ2) is 6.74. The third-order valence-electron chi connectivity index (χ3n) is 3.41. The fraction of sp³-hybridized carbons (Fsp3) is 0.250. The molecule has 0 spiro atoms. The number of rotatable bonds is 6. The van der Waals surface area contributed by atoms with E-state index in [0.717, 1.165) is 6.42 Å². The highest BCUT2D eigenvalue weighted by atomic mass is 16.1. The number of amides is 1. The van der Waals surface area contributed by atoms with Gasteiger partial charge in [-0.3, -0.25) is 4.79 Å². The number of benzene rings is 1. The molecule has 1 aromatic heterocycles. The minimum atomic E-state index is -0.534. The maximum Gasteiger partial charge on any atom is 0.252 e. The first-order chi connectivity index (χ1) is 10.1. The Morgan fingerprint density at radius 2 is 2.05 bits per heavy atom. The molecule has 0 radical (unpaired) electrons. The molecule has 2 aromatic rings. The van der Waals surface area contributed by atoms with Crippen LogP contribution in [0.4, 0.5) is 11.5 Å². The lowest BCUT2D eigenvalue weighted by Crippen LogP contribution is -2.17. The van der Waals surface area contributed by atoms with Gasteiger partial charge in [0.05, 0.1) is 17.4 Å². The average molecular weight is 284 g/mol. The van der Waals surface area contributed by atoms with Gasteiger partial charge in [0, 0.05) is 6.54 Å². The van der Waals surface area contributed by atoms with Crippen molar-refractivity contribution in [3.8, 4) is 0 Å². The molecular formula is C16H20N4O. The van der Waals surface area contributed by atoms with Crippen LogP contribution in [0.3, 0.4) is 0 Å². The number of nitrogens with zero attached hydrogens (tertiary/aromatic N) is 1. The van der Waals surface area contributed by atoms with Gasteiger partial charge < -0.3 is 16.8 Å². The van der Waals surface area contributed by atoms with Crippen molar-refractivity contribution < 1.29 is 4.79 Å². The summed E-state index contributed by atoms with van der Waals surface area (Å²) in [5.74, 6) is 0.370. The lowest BCUT2D eigenvalue weighted by molar-refractivity contribution is 0.100. The summed E-state index contributed by atoms with van der Waals surface area (Å²) in [6.07, 6.45) is 2.43. The summed E-state index contributed by atoms with van der Waals surface area (Å²) in [5, 5.41) is 3.15. The molecule has 5 heteroatoms. The number of nitrogens with one attached hydrogen (secondary N) is 1. The first-order valence-electron chi connectivity index (χ1n) is 6.92. The van der Waals surface area contributed by atoms with Gasteiger partial charge in [0.2, 0.25) is 0 Å². The summed E-state index contributed by atoms with van der Waals surface area (Å²) >= 11 is 0. The Morgan fingerprint density at radius 3 is 2.71 bits per heavy atom. The predicted octanol–water partition coefficient (Wildman–Crippen LogP) is 2.37. The lowest BCUT2D eigenvalue weighted by atomic mass is 9.98. The van der Waals surface area contributed by atoms with Gasteiger partial charge in [-0.1, -0.05) is 37.3 Å². The average Bonchev–Trinajstić information content (AvgIpc) is 2.49. The molecule has 1 heterocycles. The molecular weight excluding hydrogens is 264 g/mol. The zero-order valence-corrected chi connectivity index (χ0v) is 12.0. The molecule has 5 N–H and O–H groups in total. The van der Waals surface area contributed by atoms with Crippen molar-refractivity contribution in [3.05, 3.63) is 53.7 Å². The van der Waals surface area contributed by atoms with E-state index in [1.165, 1.54) is 17.8 Å². The fourth-order valence-electron chi connectivity index (χ4n) is 2.16. The Morgan fingerprint density at radius 1 is 1.33 bits per heavy atom. The van der Waals surface area contributed by atoms with Gasteiger partial charge in [-0.2, -0.15) is 0 Å². The molecule has 110 valence electrons. The first kappa shape index (κ1) is 14.8. The largest absolute Gasteiger partial charge is 0.397 e. The van der Waals surface area contributed by atoms with Crippen molar-refractivity contribution >= 4 is 17.4 Å². The van der Waals surface area contributed by atoms with Crippen LogP contribution in [0.2, 0.25) is 0 Å². The van der Waals surface area contributed by atoms with E-state index in [1.54, 1.807) is 0 Å². The summed E-state index contributed by atoms with van der Waals surface area (Å²) < 4.78 is 0. The number of hydrogen-bond donors (Lipinski definition) is 3. The van der Waals surface area contributed by atoms with E-state index in [4.69, 9.17) is 11.5 Å². The number of pyridine rings is 1. The molecule has 2 rings (SSSR count). The molecule has 0 aliphatic carbocycles. The molecule has 0 saturated heterocycles. The molecule has 0 aliphatic rings. The Kier molecular flexibility index (Phi) is 4.77. The highest BCUT2D eigenvalue weighted by molar-refractivity contribution is 5.98. The van der Waals surface area contributed by atoms with Crippen LogP contribution in [0.1, 0.15) is 35.2 Å². The van der Waals surface area contributed by atoms with Crippen LogP contribution in [0.25, 0.3) is 0 Å². The Balaban J connectivity index is 1.96. The number of nitrogen functional groups attached to an aromatic ring is 1. The summed E-state index contributed by atoms with van der Waals surface area (Å²) in [6.45, 7) is 2.87. The lowest BCUT2D eigenvalue weighted by Gasteiger charge is -2.14. The summed E-state index contributed by atoms with van der Waals surface area (Å²) in [6, 6.07) is 11.8. The number of carbonyl (C=O) groups is 1. The van der Waals surface area contributed by atoms with Crippen LogP contribution < -0.4 is 16.8 Å². The molecule has 0 fully saturated rings. The molecule has 1 amide bonds. The third-order valence-corrected chi connectivity index (χ3v) is 3.41. The molecule has 0 bridgehead atoms. The second-order valence-electron chi connectivity index (χ2n) is 5.06. The van der Waals surface area contributed by atoms with E-state index in [2.05, 4.69) is 29.4 Å². The van der Waals surface area contributed by atoms with E-state index < -0.39 is 5.91 Å². The highest BCUT2D eigenvalue weighted by Crippen LogP contribution is 2.19. The number of anilines is 2. The molecule has 0 saturated carbocycles. The number of primary amides is 1. The van der Waals surface area contributed by atoms with Crippen molar-refractivity contribution in [2.75, 3.05) is 17.6 Å². The van der Waals surface area contributed by atoms with Gasteiger partial charge in [0.25, 0.3) is 5.91 Å². The van der Waals surface area contributed by atoms with E-state index in [0.29, 0.717) is 29.5 Å². The quantitative estimate of drug-likeness (QED) is 0.759. The standard InChI is InChI=1S/C16H20N4O/c1-11(12-5-3-2-4-6-12)7-8-19-16-14(15(18)21)9-13(17)10-20-16/h2-6,9-11H,7-8,17H2,1H3,(H2,18,21)(H,19,20). The fourth-order valence-corrected chi connectivity index (χ4v) is 2.16.